The number of halogens is 1. The maximum absolute atomic E-state index is 12.6. The van der Waals surface area contributed by atoms with Crippen molar-refractivity contribution in [3.8, 4) is 0 Å². The minimum atomic E-state index is -3.58. The van der Waals surface area contributed by atoms with Gasteiger partial charge in [-0.2, -0.15) is 0 Å². The fourth-order valence-corrected chi connectivity index (χ4v) is 5.04. The number of sulfonamides is 1. The Hall–Kier alpha value is -0.960. The van der Waals surface area contributed by atoms with Crippen LogP contribution in [0.5, 0.6) is 0 Å². The highest BCUT2D eigenvalue weighted by Gasteiger charge is 2.29. The first kappa shape index (κ1) is 19.8. The van der Waals surface area contributed by atoms with Crippen molar-refractivity contribution in [3.05, 3.63) is 28.2 Å². The molecule has 2 aliphatic rings. The minimum absolute atomic E-state index is 0.0340. The molecule has 0 bridgehead atoms. The lowest BCUT2D eigenvalue weighted by atomic mass is 10.1. The van der Waals surface area contributed by atoms with Gasteiger partial charge in [0.15, 0.2) is 0 Å². The number of amides is 1. The van der Waals surface area contributed by atoms with Gasteiger partial charge in [0.25, 0.3) is 5.91 Å². The van der Waals surface area contributed by atoms with E-state index in [0.29, 0.717) is 22.6 Å². The number of carbonyl (C=O) groups is 1. The van der Waals surface area contributed by atoms with E-state index < -0.39 is 10.0 Å². The van der Waals surface area contributed by atoms with Crippen LogP contribution in [0.3, 0.4) is 0 Å². The van der Waals surface area contributed by atoms with Crippen molar-refractivity contribution in [2.75, 3.05) is 19.6 Å². The molecule has 1 unspecified atom stereocenters. The molecule has 1 heterocycles. The van der Waals surface area contributed by atoms with Gasteiger partial charge < -0.3 is 5.32 Å². The van der Waals surface area contributed by atoms with E-state index in [1.165, 1.54) is 25.0 Å². The number of nitrogens with zero attached hydrogens (tertiary/aromatic N) is 1. The molecular weight excluding hydrogens is 418 g/mol. The molecule has 0 aromatic heterocycles. The van der Waals surface area contributed by atoms with Gasteiger partial charge in [0.1, 0.15) is 0 Å². The summed E-state index contributed by atoms with van der Waals surface area (Å²) in [5.74, 6) is -0.252. The second-order valence-electron chi connectivity index (χ2n) is 7.05. The summed E-state index contributed by atoms with van der Waals surface area (Å²) in [7, 11) is -3.58. The lowest BCUT2D eigenvalue weighted by molar-refractivity contribution is 0.0936. The van der Waals surface area contributed by atoms with Crippen LogP contribution in [0, 0.1) is 0 Å². The van der Waals surface area contributed by atoms with Crippen molar-refractivity contribution in [1.82, 2.24) is 14.9 Å². The summed E-state index contributed by atoms with van der Waals surface area (Å²) in [4.78, 5) is 15.2. The Balaban J connectivity index is 1.68. The number of carbonyl (C=O) groups excluding carboxylic acids is 1. The third-order valence-electron chi connectivity index (χ3n) is 5.02. The first-order valence-corrected chi connectivity index (χ1v) is 11.5. The molecule has 1 atom stereocenters. The highest BCUT2D eigenvalue weighted by molar-refractivity contribution is 9.10. The minimum Gasteiger partial charge on any atom is -0.350 e. The third kappa shape index (κ3) is 4.85. The van der Waals surface area contributed by atoms with E-state index in [0.717, 1.165) is 32.4 Å². The van der Waals surface area contributed by atoms with E-state index in [2.05, 4.69) is 37.8 Å². The fraction of sp³-hybridized carbons (Fsp3) is 0.611. The average Bonchev–Trinajstić information content (AvgIpc) is 3.24. The molecule has 3 rings (SSSR count). The topological polar surface area (TPSA) is 78.5 Å². The Labute approximate surface area is 163 Å². The van der Waals surface area contributed by atoms with Gasteiger partial charge in [0.05, 0.1) is 10.5 Å². The molecule has 8 heteroatoms. The molecule has 0 spiro atoms. The molecule has 26 heavy (non-hydrogen) atoms. The van der Waals surface area contributed by atoms with Crippen molar-refractivity contribution >= 4 is 31.9 Å². The Morgan fingerprint density at radius 1 is 1.31 bits per heavy atom. The lowest BCUT2D eigenvalue weighted by Gasteiger charge is -2.26. The van der Waals surface area contributed by atoms with E-state index in [1.54, 1.807) is 6.07 Å². The first-order chi connectivity index (χ1) is 12.4. The van der Waals surface area contributed by atoms with E-state index in [9.17, 15) is 13.2 Å². The number of nitrogens with one attached hydrogen (secondary N) is 2. The zero-order chi connectivity index (χ0) is 18.7. The van der Waals surface area contributed by atoms with Crippen LogP contribution in [0.15, 0.2) is 27.6 Å². The van der Waals surface area contributed by atoms with Gasteiger partial charge in [-0.25, -0.2) is 13.1 Å². The molecule has 2 fully saturated rings. The second kappa shape index (κ2) is 8.37. The summed E-state index contributed by atoms with van der Waals surface area (Å²) in [5.41, 5.74) is 0.347. The molecule has 1 saturated heterocycles. The van der Waals surface area contributed by atoms with Crippen LogP contribution in [0.4, 0.5) is 0 Å². The van der Waals surface area contributed by atoms with Gasteiger partial charge in [0, 0.05) is 23.1 Å². The van der Waals surface area contributed by atoms with Gasteiger partial charge in [-0.1, -0.05) is 6.92 Å². The molecule has 1 aromatic rings. The first-order valence-electron chi connectivity index (χ1n) is 9.25. The molecule has 1 saturated carbocycles. The van der Waals surface area contributed by atoms with Crippen LogP contribution in [0.1, 0.15) is 49.4 Å². The molecule has 1 aliphatic heterocycles. The summed E-state index contributed by atoms with van der Waals surface area (Å²) in [6, 6.07) is 4.94. The van der Waals surface area contributed by atoms with Crippen molar-refractivity contribution in [3.63, 3.8) is 0 Å². The molecule has 1 aromatic carbocycles. The lowest BCUT2D eigenvalue weighted by Crippen LogP contribution is -2.42. The maximum Gasteiger partial charge on any atom is 0.252 e. The Morgan fingerprint density at radius 2 is 2.00 bits per heavy atom. The van der Waals surface area contributed by atoms with Crippen LogP contribution in [-0.2, 0) is 10.0 Å². The van der Waals surface area contributed by atoms with Crippen molar-refractivity contribution in [1.29, 1.82) is 0 Å². The average molecular weight is 444 g/mol. The normalized spacial score (nSPS) is 19.5. The summed E-state index contributed by atoms with van der Waals surface area (Å²) in [6.07, 6.45) is 5.14. The van der Waals surface area contributed by atoms with Gasteiger partial charge in [-0.3, -0.25) is 9.69 Å². The highest BCUT2D eigenvalue weighted by atomic mass is 79.9. The highest BCUT2D eigenvalue weighted by Crippen LogP contribution is 2.25. The smallest absolute Gasteiger partial charge is 0.252 e. The van der Waals surface area contributed by atoms with Crippen molar-refractivity contribution < 1.29 is 13.2 Å². The van der Waals surface area contributed by atoms with Gasteiger partial charge in [0.2, 0.25) is 10.0 Å². The quantitative estimate of drug-likeness (QED) is 0.646. The Kier molecular flexibility index (Phi) is 6.37. The van der Waals surface area contributed by atoms with Crippen LogP contribution in [-0.4, -0.2) is 50.9 Å². The zero-order valence-electron chi connectivity index (χ0n) is 15.0. The summed E-state index contributed by atoms with van der Waals surface area (Å²) >= 11 is 3.36. The third-order valence-corrected chi connectivity index (χ3v) is 7.23. The van der Waals surface area contributed by atoms with E-state index >= 15 is 0 Å². The van der Waals surface area contributed by atoms with Gasteiger partial charge in [-0.05, 0) is 79.3 Å². The van der Waals surface area contributed by atoms with Crippen LogP contribution in [0.2, 0.25) is 0 Å². The van der Waals surface area contributed by atoms with Crippen LogP contribution >= 0.6 is 15.9 Å². The van der Waals surface area contributed by atoms with E-state index in [1.807, 2.05) is 0 Å². The largest absolute Gasteiger partial charge is 0.350 e. The van der Waals surface area contributed by atoms with Gasteiger partial charge >= 0.3 is 0 Å². The Morgan fingerprint density at radius 3 is 2.62 bits per heavy atom. The predicted molar refractivity (Wildman–Crippen MR) is 105 cm³/mol. The molecule has 6 nitrogen and oxygen atoms in total. The molecule has 144 valence electrons. The number of likely N-dealkylation sites (tertiary alicyclic amines) is 1. The zero-order valence-corrected chi connectivity index (χ0v) is 17.4. The van der Waals surface area contributed by atoms with Crippen LogP contribution in [0.25, 0.3) is 0 Å². The fourth-order valence-electron chi connectivity index (χ4n) is 3.28. The van der Waals surface area contributed by atoms with Crippen molar-refractivity contribution in [2.45, 2.75) is 56.0 Å². The van der Waals surface area contributed by atoms with Gasteiger partial charge in [-0.15, -0.1) is 0 Å². The number of benzene rings is 1. The monoisotopic (exact) mass is 443 g/mol. The number of hydrogen-bond acceptors (Lipinski definition) is 4. The summed E-state index contributed by atoms with van der Waals surface area (Å²) in [5, 5.41) is 2.97. The predicted octanol–water partition coefficient (Wildman–Crippen LogP) is 2.49. The van der Waals surface area contributed by atoms with Crippen molar-refractivity contribution in [2.24, 2.45) is 0 Å². The van der Waals surface area contributed by atoms with Crippen LogP contribution < -0.4 is 10.0 Å². The summed E-state index contributed by atoms with van der Waals surface area (Å²) in [6.45, 7) is 4.86. The second-order valence-corrected chi connectivity index (χ2v) is 9.62. The number of rotatable bonds is 8. The van der Waals surface area contributed by atoms with E-state index in [4.69, 9.17) is 0 Å². The number of hydrogen-bond donors (Lipinski definition) is 2. The standard InChI is InChI=1S/C18H26BrN3O3S/c1-2-14(22-9-3-4-10-22)12-20-18(23)16-11-15(7-8-17(16)19)26(24,25)21-13-5-6-13/h7-8,11,13-14,21H,2-6,9-10,12H2,1H3,(H,20,23). The SMILES string of the molecule is CCC(CNC(=O)c1cc(S(=O)(=O)NC2CC2)ccc1Br)N1CCCC1. The molecule has 0 radical (unpaired) electrons. The molecule has 2 N–H and O–H groups in total. The molecule has 1 amide bonds. The Bertz CT molecular complexity index is 759. The summed E-state index contributed by atoms with van der Waals surface area (Å²) < 4.78 is 28.0. The van der Waals surface area contributed by atoms with E-state index in [-0.39, 0.29) is 16.8 Å². The maximum atomic E-state index is 12.6. The molecule has 1 aliphatic carbocycles. The molecular formula is C18H26BrN3O3S.